The van der Waals surface area contributed by atoms with Gasteiger partial charge >= 0.3 is 0 Å². The standard InChI is InChI=1S/C19H22N2O3/c1-24-17-10-6-5-7-15(17)11-13-20-18(22)12-14-21-19(23)16-8-3-2-4-9-16/h2-10H,11-14H2,1H3,(H,20,22)(H,21,23). The normalized spacial score (nSPS) is 10.0. The minimum Gasteiger partial charge on any atom is -0.496 e. The Morgan fingerprint density at radius 2 is 1.62 bits per heavy atom. The number of amides is 2. The number of carbonyl (C=O) groups is 2. The number of hydrogen-bond donors (Lipinski definition) is 2. The lowest BCUT2D eigenvalue weighted by atomic mass is 10.1. The highest BCUT2D eigenvalue weighted by Crippen LogP contribution is 2.17. The smallest absolute Gasteiger partial charge is 0.251 e. The minimum atomic E-state index is -0.169. The molecule has 2 rings (SSSR count). The molecule has 2 N–H and O–H groups in total. The van der Waals surface area contributed by atoms with E-state index < -0.39 is 0 Å². The van der Waals surface area contributed by atoms with Gasteiger partial charge in [0.05, 0.1) is 7.11 Å². The van der Waals surface area contributed by atoms with E-state index in [0.29, 0.717) is 25.1 Å². The Bertz CT molecular complexity index is 671. The van der Waals surface area contributed by atoms with Crippen molar-refractivity contribution in [2.45, 2.75) is 12.8 Å². The Kier molecular flexibility index (Phi) is 6.83. The second-order valence-electron chi connectivity index (χ2n) is 5.28. The van der Waals surface area contributed by atoms with Crippen molar-refractivity contribution in [1.29, 1.82) is 0 Å². The molecule has 0 saturated carbocycles. The van der Waals surface area contributed by atoms with E-state index in [-0.39, 0.29) is 18.2 Å². The molecule has 0 fully saturated rings. The first-order chi connectivity index (χ1) is 11.7. The first kappa shape index (κ1) is 17.5. The molecule has 2 aromatic carbocycles. The summed E-state index contributed by atoms with van der Waals surface area (Å²) in [5.74, 6) is 0.567. The highest BCUT2D eigenvalue weighted by Gasteiger charge is 2.06. The van der Waals surface area contributed by atoms with Crippen molar-refractivity contribution in [1.82, 2.24) is 10.6 Å². The quantitative estimate of drug-likeness (QED) is 0.781. The number of methoxy groups -OCH3 is 1. The molecule has 2 amide bonds. The first-order valence-corrected chi connectivity index (χ1v) is 7.92. The molecular weight excluding hydrogens is 304 g/mol. The Labute approximate surface area is 142 Å². The average molecular weight is 326 g/mol. The molecule has 0 aliphatic carbocycles. The maximum Gasteiger partial charge on any atom is 0.251 e. The Balaban J connectivity index is 1.66. The molecule has 0 radical (unpaired) electrons. The fourth-order valence-electron chi connectivity index (χ4n) is 2.32. The third-order valence-corrected chi connectivity index (χ3v) is 3.58. The van der Waals surface area contributed by atoms with Crippen LogP contribution >= 0.6 is 0 Å². The van der Waals surface area contributed by atoms with Crippen LogP contribution in [0.5, 0.6) is 5.75 Å². The molecule has 0 heterocycles. The van der Waals surface area contributed by atoms with Gasteiger partial charge in [-0.3, -0.25) is 9.59 Å². The number of ether oxygens (including phenoxy) is 1. The number of nitrogens with one attached hydrogen (secondary N) is 2. The van der Waals surface area contributed by atoms with E-state index in [1.54, 1.807) is 31.4 Å². The summed E-state index contributed by atoms with van der Waals surface area (Å²) in [5, 5.41) is 5.59. The summed E-state index contributed by atoms with van der Waals surface area (Å²) in [7, 11) is 1.63. The second-order valence-corrected chi connectivity index (χ2v) is 5.28. The summed E-state index contributed by atoms with van der Waals surface area (Å²) >= 11 is 0. The molecule has 24 heavy (non-hydrogen) atoms. The van der Waals surface area contributed by atoms with Gasteiger partial charge in [0.1, 0.15) is 5.75 Å². The summed E-state index contributed by atoms with van der Waals surface area (Å²) in [6, 6.07) is 16.7. The van der Waals surface area contributed by atoms with Gasteiger partial charge in [-0.05, 0) is 30.2 Å². The van der Waals surface area contributed by atoms with Crippen LogP contribution in [0.3, 0.4) is 0 Å². The fourth-order valence-corrected chi connectivity index (χ4v) is 2.32. The van der Waals surface area contributed by atoms with E-state index in [4.69, 9.17) is 4.74 Å². The van der Waals surface area contributed by atoms with Gasteiger partial charge in [-0.2, -0.15) is 0 Å². The van der Waals surface area contributed by atoms with Crippen LogP contribution in [-0.2, 0) is 11.2 Å². The third kappa shape index (κ3) is 5.43. The molecule has 126 valence electrons. The van der Waals surface area contributed by atoms with Crippen LogP contribution in [0, 0.1) is 0 Å². The largest absolute Gasteiger partial charge is 0.496 e. The monoisotopic (exact) mass is 326 g/mol. The van der Waals surface area contributed by atoms with Crippen LogP contribution in [0.25, 0.3) is 0 Å². The van der Waals surface area contributed by atoms with E-state index in [9.17, 15) is 9.59 Å². The van der Waals surface area contributed by atoms with Gasteiger partial charge in [-0.15, -0.1) is 0 Å². The van der Waals surface area contributed by atoms with Gasteiger partial charge in [0.2, 0.25) is 5.91 Å². The molecule has 0 saturated heterocycles. The zero-order valence-corrected chi connectivity index (χ0v) is 13.7. The molecule has 0 bridgehead atoms. The van der Waals surface area contributed by atoms with Crippen LogP contribution in [0.2, 0.25) is 0 Å². The van der Waals surface area contributed by atoms with Gasteiger partial charge in [-0.25, -0.2) is 0 Å². The van der Waals surface area contributed by atoms with Crippen molar-refractivity contribution < 1.29 is 14.3 Å². The summed E-state index contributed by atoms with van der Waals surface area (Å²) in [5.41, 5.74) is 1.65. The van der Waals surface area contributed by atoms with E-state index in [2.05, 4.69) is 10.6 Å². The van der Waals surface area contributed by atoms with Gasteiger partial charge in [0, 0.05) is 25.1 Å². The van der Waals surface area contributed by atoms with Crippen molar-refractivity contribution in [2.75, 3.05) is 20.2 Å². The van der Waals surface area contributed by atoms with Gasteiger partial charge in [-0.1, -0.05) is 36.4 Å². The number of carbonyl (C=O) groups excluding carboxylic acids is 2. The Morgan fingerprint density at radius 3 is 2.38 bits per heavy atom. The van der Waals surface area contributed by atoms with Gasteiger partial charge in [0.15, 0.2) is 0 Å². The lowest BCUT2D eigenvalue weighted by Crippen LogP contribution is -2.31. The first-order valence-electron chi connectivity index (χ1n) is 7.92. The Hall–Kier alpha value is -2.82. The van der Waals surface area contributed by atoms with Gasteiger partial charge in [0.25, 0.3) is 5.91 Å². The zero-order valence-electron chi connectivity index (χ0n) is 13.7. The average Bonchev–Trinajstić information content (AvgIpc) is 2.62. The molecule has 0 aromatic heterocycles. The summed E-state index contributed by atoms with van der Waals surface area (Å²) in [6.45, 7) is 0.847. The number of benzene rings is 2. The topological polar surface area (TPSA) is 67.4 Å². The van der Waals surface area contributed by atoms with E-state index >= 15 is 0 Å². The maximum absolute atomic E-state index is 11.8. The van der Waals surface area contributed by atoms with Crippen LogP contribution in [-0.4, -0.2) is 32.0 Å². The highest BCUT2D eigenvalue weighted by molar-refractivity contribution is 5.94. The van der Waals surface area contributed by atoms with Crippen LogP contribution < -0.4 is 15.4 Å². The lowest BCUT2D eigenvalue weighted by molar-refractivity contribution is -0.120. The molecule has 5 heteroatoms. The summed E-state index contributed by atoms with van der Waals surface area (Å²) in [6.07, 6.45) is 0.955. The lowest BCUT2D eigenvalue weighted by Gasteiger charge is -2.09. The number of para-hydroxylation sites is 1. The summed E-state index contributed by atoms with van der Waals surface area (Å²) in [4.78, 5) is 23.7. The van der Waals surface area contributed by atoms with Gasteiger partial charge < -0.3 is 15.4 Å². The van der Waals surface area contributed by atoms with Crippen LogP contribution in [0.4, 0.5) is 0 Å². The molecule has 0 spiro atoms. The third-order valence-electron chi connectivity index (χ3n) is 3.58. The van der Waals surface area contributed by atoms with Crippen molar-refractivity contribution >= 4 is 11.8 Å². The van der Waals surface area contributed by atoms with Crippen molar-refractivity contribution in [2.24, 2.45) is 0 Å². The molecule has 0 aliphatic rings. The SMILES string of the molecule is COc1ccccc1CCNC(=O)CCNC(=O)c1ccccc1. The van der Waals surface area contributed by atoms with E-state index in [1.807, 2.05) is 30.3 Å². The molecule has 2 aromatic rings. The van der Waals surface area contributed by atoms with E-state index in [1.165, 1.54) is 0 Å². The fraction of sp³-hybridized carbons (Fsp3) is 0.263. The van der Waals surface area contributed by atoms with Crippen LogP contribution in [0.1, 0.15) is 22.3 Å². The Morgan fingerprint density at radius 1 is 0.917 bits per heavy atom. The van der Waals surface area contributed by atoms with Crippen molar-refractivity contribution in [3.05, 3.63) is 65.7 Å². The highest BCUT2D eigenvalue weighted by atomic mass is 16.5. The molecule has 0 atom stereocenters. The second kappa shape index (κ2) is 9.35. The number of rotatable bonds is 8. The molecular formula is C19H22N2O3. The van der Waals surface area contributed by atoms with E-state index in [0.717, 1.165) is 11.3 Å². The molecule has 5 nitrogen and oxygen atoms in total. The maximum atomic E-state index is 11.8. The molecule has 0 aliphatic heterocycles. The van der Waals surface area contributed by atoms with Crippen molar-refractivity contribution in [3.8, 4) is 5.75 Å². The van der Waals surface area contributed by atoms with Crippen LogP contribution in [0.15, 0.2) is 54.6 Å². The molecule has 0 unspecified atom stereocenters. The minimum absolute atomic E-state index is 0.0849. The predicted molar refractivity (Wildman–Crippen MR) is 93.1 cm³/mol. The summed E-state index contributed by atoms with van der Waals surface area (Å²) < 4.78 is 5.28. The zero-order chi connectivity index (χ0) is 17.2. The van der Waals surface area contributed by atoms with Crippen molar-refractivity contribution in [3.63, 3.8) is 0 Å². The predicted octanol–water partition coefficient (Wildman–Crippen LogP) is 2.17. The number of hydrogen-bond acceptors (Lipinski definition) is 3.